The number of aromatic nitrogens is 1. The van der Waals surface area contributed by atoms with Crippen molar-refractivity contribution in [3.8, 4) is 0 Å². The number of aliphatic hydroxyl groups is 1. The molecule has 0 bridgehead atoms. The summed E-state index contributed by atoms with van der Waals surface area (Å²) in [5.41, 5.74) is 1.11. The van der Waals surface area contributed by atoms with E-state index in [4.69, 9.17) is 4.74 Å². The number of nitrogens with one attached hydrogen (secondary N) is 2. The lowest BCUT2D eigenvalue weighted by atomic mass is 10.1. The maximum Gasteiger partial charge on any atom is 0.327 e. The van der Waals surface area contributed by atoms with Crippen LogP contribution in [0.15, 0.2) is 77.8 Å². The highest BCUT2D eigenvalue weighted by molar-refractivity contribution is 7.89. The zero-order valence-corrected chi connectivity index (χ0v) is 18.5. The van der Waals surface area contributed by atoms with Gasteiger partial charge in [0, 0.05) is 22.7 Å². The van der Waals surface area contributed by atoms with Crippen molar-refractivity contribution in [2.24, 2.45) is 0 Å². The topological polar surface area (TPSA) is 126 Å². The van der Waals surface area contributed by atoms with E-state index in [1.54, 1.807) is 30.3 Å². The maximum absolute atomic E-state index is 12.9. The van der Waals surface area contributed by atoms with E-state index in [0.717, 1.165) is 10.9 Å². The Kier molecular flexibility index (Phi) is 6.28. The van der Waals surface area contributed by atoms with Crippen LogP contribution in [0.2, 0.25) is 0 Å². The van der Waals surface area contributed by atoms with Crippen LogP contribution in [0.1, 0.15) is 17.3 Å². The monoisotopic (exact) mass is 466 g/mol. The summed E-state index contributed by atoms with van der Waals surface area (Å²) in [6.07, 6.45) is 0.131. The fourth-order valence-corrected chi connectivity index (χ4v) is 4.81. The summed E-state index contributed by atoms with van der Waals surface area (Å²) in [4.78, 5) is 28.0. The number of sulfonamides is 1. The van der Waals surface area contributed by atoms with Gasteiger partial charge in [-0.05, 0) is 35.9 Å². The molecule has 1 aromatic heterocycles. The van der Waals surface area contributed by atoms with Gasteiger partial charge in [0.1, 0.15) is 6.04 Å². The Morgan fingerprint density at radius 1 is 1.03 bits per heavy atom. The summed E-state index contributed by atoms with van der Waals surface area (Å²) in [6, 6.07) is 17.4. The molecule has 0 radical (unpaired) electrons. The number of carbonyl (C=O) groups is 2. The molecule has 1 heterocycles. The lowest BCUT2D eigenvalue weighted by Gasteiger charge is -2.20. The number of carbonyl (C=O) groups excluding carboxylic acids is 2. The Morgan fingerprint density at radius 2 is 1.73 bits per heavy atom. The van der Waals surface area contributed by atoms with Crippen molar-refractivity contribution in [1.29, 1.82) is 0 Å². The molecule has 0 fully saturated rings. The smallest absolute Gasteiger partial charge is 0.327 e. The molecule has 0 aliphatic heterocycles. The molecule has 0 aliphatic carbocycles. The molecule has 2 atom stereocenters. The Bertz CT molecular complexity index is 1440. The molecule has 0 saturated carbocycles. The lowest BCUT2D eigenvalue weighted by molar-refractivity contribution is -0.147. The summed E-state index contributed by atoms with van der Waals surface area (Å²) < 4.78 is 33.0. The van der Waals surface area contributed by atoms with E-state index in [2.05, 4.69) is 9.71 Å². The molecular weight excluding hydrogens is 444 g/mol. The number of ketones is 1. The fraction of sp³-hybridized carbons (Fsp3) is 0.167. The third-order valence-corrected chi connectivity index (χ3v) is 6.72. The number of Topliss-reactive ketones (excluding diaryl/α,β-unsaturated/α-hetero) is 1. The van der Waals surface area contributed by atoms with Gasteiger partial charge in [0.15, 0.2) is 6.61 Å². The second-order valence-corrected chi connectivity index (χ2v) is 9.34. The van der Waals surface area contributed by atoms with Gasteiger partial charge in [-0.2, -0.15) is 4.72 Å². The van der Waals surface area contributed by atoms with Gasteiger partial charge in [-0.25, -0.2) is 8.42 Å². The number of aliphatic hydroxyl groups excluding tert-OH is 1. The van der Waals surface area contributed by atoms with E-state index in [1.807, 2.05) is 24.3 Å². The molecule has 0 unspecified atom stereocenters. The first-order valence-corrected chi connectivity index (χ1v) is 11.7. The number of hydrogen-bond donors (Lipinski definition) is 3. The maximum atomic E-state index is 12.9. The number of fused-ring (bicyclic) bond motifs is 2. The van der Waals surface area contributed by atoms with Crippen molar-refractivity contribution in [2.75, 3.05) is 6.61 Å². The van der Waals surface area contributed by atoms with E-state index in [-0.39, 0.29) is 4.90 Å². The fourth-order valence-electron chi connectivity index (χ4n) is 3.52. The summed E-state index contributed by atoms with van der Waals surface area (Å²) in [5, 5.41) is 12.3. The Morgan fingerprint density at radius 3 is 2.48 bits per heavy atom. The third-order valence-electron chi connectivity index (χ3n) is 5.28. The molecule has 170 valence electrons. The lowest BCUT2D eigenvalue weighted by Crippen LogP contribution is -2.48. The zero-order valence-electron chi connectivity index (χ0n) is 17.7. The van der Waals surface area contributed by atoms with E-state index >= 15 is 0 Å². The minimum Gasteiger partial charge on any atom is -0.456 e. The van der Waals surface area contributed by atoms with Crippen molar-refractivity contribution in [1.82, 2.24) is 9.71 Å². The van der Waals surface area contributed by atoms with Gasteiger partial charge >= 0.3 is 5.97 Å². The summed E-state index contributed by atoms with van der Waals surface area (Å²) in [5.74, 6) is -1.51. The zero-order chi connectivity index (χ0) is 23.6. The number of aromatic amines is 1. The van der Waals surface area contributed by atoms with Crippen LogP contribution in [0.4, 0.5) is 0 Å². The van der Waals surface area contributed by atoms with Gasteiger partial charge in [0.05, 0.1) is 11.0 Å². The quantitative estimate of drug-likeness (QED) is 0.271. The molecule has 0 aliphatic rings. The first kappa shape index (κ1) is 22.7. The minimum absolute atomic E-state index is 0.0606. The van der Waals surface area contributed by atoms with Gasteiger partial charge in [-0.1, -0.05) is 48.5 Å². The summed E-state index contributed by atoms with van der Waals surface area (Å²) >= 11 is 0. The second kappa shape index (κ2) is 9.14. The number of rotatable bonds is 8. The molecule has 4 rings (SSSR count). The van der Waals surface area contributed by atoms with Crippen LogP contribution >= 0.6 is 0 Å². The molecule has 33 heavy (non-hydrogen) atoms. The normalized spacial score (nSPS) is 13.6. The predicted octanol–water partition coefficient (Wildman–Crippen LogP) is 2.77. The Hall–Kier alpha value is -3.53. The number of H-pyrrole nitrogens is 1. The van der Waals surface area contributed by atoms with Crippen LogP contribution in [0.5, 0.6) is 0 Å². The number of ether oxygens (including phenoxy) is 1. The van der Waals surface area contributed by atoms with E-state index < -0.39 is 40.5 Å². The van der Waals surface area contributed by atoms with Gasteiger partial charge < -0.3 is 14.8 Å². The van der Waals surface area contributed by atoms with E-state index in [1.165, 1.54) is 25.3 Å². The van der Waals surface area contributed by atoms with Crippen LogP contribution in [-0.4, -0.2) is 49.0 Å². The van der Waals surface area contributed by atoms with Crippen molar-refractivity contribution < 1.29 is 27.9 Å². The molecule has 0 saturated heterocycles. The molecule has 0 amide bonds. The minimum atomic E-state index is -4.15. The SMILES string of the molecule is C[C@H](O)[C@H](NS(=O)(=O)c1ccc2ccccc2c1)C(=O)OCC(=O)c1c[nH]c2ccccc12. The standard InChI is InChI=1S/C24H22N2O6S/c1-15(27)23(26-33(30,31)18-11-10-16-6-2-3-7-17(16)12-18)24(29)32-14-22(28)20-13-25-21-9-5-4-8-19(20)21/h2-13,15,23,25-27H,14H2,1H3/t15-,23-/m0/s1. The Balaban J connectivity index is 1.48. The predicted molar refractivity (Wildman–Crippen MR) is 123 cm³/mol. The highest BCUT2D eigenvalue weighted by Crippen LogP contribution is 2.20. The molecule has 8 nitrogen and oxygen atoms in total. The number of para-hydroxylation sites is 1. The Labute approximate surface area is 190 Å². The first-order valence-electron chi connectivity index (χ1n) is 10.2. The van der Waals surface area contributed by atoms with Crippen molar-refractivity contribution in [3.05, 3.63) is 78.5 Å². The molecular formula is C24H22N2O6S. The average molecular weight is 467 g/mol. The second-order valence-electron chi connectivity index (χ2n) is 7.63. The van der Waals surface area contributed by atoms with Crippen LogP contribution in [-0.2, 0) is 19.6 Å². The highest BCUT2D eigenvalue weighted by Gasteiger charge is 2.31. The molecule has 3 aromatic carbocycles. The first-order chi connectivity index (χ1) is 15.8. The average Bonchev–Trinajstić information content (AvgIpc) is 3.24. The number of benzene rings is 3. The third kappa shape index (κ3) is 4.80. The van der Waals surface area contributed by atoms with Crippen LogP contribution in [0.25, 0.3) is 21.7 Å². The van der Waals surface area contributed by atoms with Crippen LogP contribution in [0, 0.1) is 0 Å². The molecule has 3 N–H and O–H groups in total. The van der Waals surface area contributed by atoms with Crippen molar-refractivity contribution in [3.63, 3.8) is 0 Å². The van der Waals surface area contributed by atoms with Gasteiger partial charge in [-0.3, -0.25) is 9.59 Å². The largest absolute Gasteiger partial charge is 0.456 e. The summed E-state index contributed by atoms with van der Waals surface area (Å²) in [6.45, 7) is 0.665. The molecule has 4 aromatic rings. The van der Waals surface area contributed by atoms with Gasteiger partial charge in [-0.15, -0.1) is 0 Å². The van der Waals surface area contributed by atoms with Crippen LogP contribution < -0.4 is 4.72 Å². The molecule has 0 spiro atoms. The molecule has 9 heteroatoms. The van der Waals surface area contributed by atoms with Gasteiger partial charge in [0.25, 0.3) is 0 Å². The van der Waals surface area contributed by atoms with E-state index in [9.17, 15) is 23.1 Å². The van der Waals surface area contributed by atoms with Crippen LogP contribution in [0.3, 0.4) is 0 Å². The van der Waals surface area contributed by atoms with Crippen molar-refractivity contribution >= 4 is 43.5 Å². The van der Waals surface area contributed by atoms with Crippen molar-refractivity contribution in [2.45, 2.75) is 24.0 Å². The number of hydrogen-bond acceptors (Lipinski definition) is 6. The van der Waals surface area contributed by atoms with E-state index in [0.29, 0.717) is 16.3 Å². The number of esters is 1. The highest BCUT2D eigenvalue weighted by atomic mass is 32.2. The van der Waals surface area contributed by atoms with Gasteiger partial charge in [0.2, 0.25) is 15.8 Å². The summed E-state index contributed by atoms with van der Waals surface area (Å²) in [7, 11) is -4.15.